The van der Waals surface area contributed by atoms with Crippen molar-refractivity contribution in [2.75, 3.05) is 13.6 Å². The predicted octanol–water partition coefficient (Wildman–Crippen LogP) is 3.28. The van der Waals surface area contributed by atoms with E-state index in [1.165, 1.54) is 41.3 Å². The van der Waals surface area contributed by atoms with E-state index in [9.17, 15) is 0 Å². The van der Waals surface area contributed by atoms with Crippen molar-refractivity contribution in [2.45, 2.75) is 58.4 Å². The second kappa shape index (κ2) is 9.61. The number of aryl methyl sites for hydroxylation is 2. The van der Waals surface area contributed by atoms with Gasteiger partial charge in [-0.2, -0.15) is 0 Å². The Morgan fingerprint density at radius 3 is 2.67 bits per heavy atom. The van der Waals surface area contributed by atoms with Crippen molar-refractivity contribution in [1.82, 2.24) is 15.6 Å². The molecule has 1 heterocycles. The molecule has 1 aromatic heterocycles. The molecule has 2 N–H and O–H groups in total. The lowest BCUT2D eigenvalue weighted by Crippen LogP contribution is -2.42. The minimum atomic E-state index is 0. The Morgan fingerprint density at radius 1 is 1.38 bits per heavy atom. The lowest BCUT2D eigenvalue weighted by atomic mass is 10.2. The summed E-state index contributed by atoms with van der Waals surface area (Å²) < 4.78 is 0. The molecule has 0 saturated heterocycles. The summed E-state index contributed by atoms with van der Waals surface area (Å²) in [5.41, 5.74) is 1.25. The van der Waals surface area contributed by atoms with Crippen LogP contribution in [0.5, 0.6) is 0 Å². The third kappa shape index (κ3) is 5.73. The van der Waals surface area contributed by atoms with Crippen LogP contribution in [-0.4, -0.2) is 30.6 Å². The molecule has 1 aliphatic carbocycles. The first kappa shape index (κ1) is 18.7. The Hall–Kier alpha value is -0.370. The Kier molecular flexibility index (Phi) is 8.55. The number of hydrogen-bond acceptors (Lipinski definition) is 3. The molecule has 2 rings (SSSR count). The van der Waals surface area contributed by atoms with E-state index in [0.717, 1.165) is 25.3 Å². The third-order valence-corrected chi connectivity index (χ3v) is 4.90. The van der Waals surface area contributed by atoms with E-state index < -0.39 is 0 Å². The van der Waals surface area contributed by atoms with Gasteiger partial charge in [0.05, 0.1) is 10.7 Å². The second-order valence-electron chi connectivity index (χ2n) is 5.34. The van der Waals surface area contributed by atoms with Crippen LogP contribution in [-0.2, 0) is 12.8 Å². The van der Waals surface area contributed by atoms with Gasteiger partial charge in [0.25, 0.3) is 0 Å². The second-order valence-corrected chi connectivity index (χ2v) is 6.63. The summed E-state index contributed by atoms with van der Waals surface area (Å²) in [6.07, 6.45) is 7.22. The monoisotopic (exact) mass is 422 g/mol. The van der Waals surface area contributed by atoms with Gasteiger partial charge >= 0.3 is 0 Å². The molecular formula is C15H27IN4S. The van der Waals surface area contributed by atoms with Crippen LogP contribution in [0.15, 0.2) is 4.99 Å². The van der Waals surface area contributed by atoms with Crippen molar-refractivity contribution in [3.63, 3.8) is 0 Å². The van der Waals surface area contributed by atoms with E-state index in [-0.39, 0.29) is 24.0 Å². The van der Waals surface area contributed by atoms with Crippen LogP contribution in [0.25, 0.3) is 0 Å². The number of halogens is 1. The van der Waals surface area contributed by atoms with Gasteiger partial charge in [0, 0.05) is 30.9 Å². The Balaban J connectivity index is 0.00000220. The van der Waals surface area contributed by atoms with Gasteiger partial charge < -0.3 is 10.6 Å². The van der Waals surface area contributed by atoms with Gasteiger partial charge in [-0.1, -0.05) is 19.8 Å². The number of hydrogen-bond donors (Lipinski definition) is 2. The van der Waals surface area contributed by atoms with Crippen LogP contribution >= 0.6 is 35.3 Å². The van der Waals surface area contributed by atoms with Crippen LogP contribution in [0.3, 0.4) is 0 Å². The maximum Gasteiger partial charge on any atom is 0.191 e. The van der Waals surface area contributed by atoms with E-state index in [4.69, 9.17) is 0 Å². The molecular weight excluding hydrogens is 395 g/mol. The minimum Gasteiger partial charge on any atom is -0.356 e. The Morgan fingerprint density at radius 2 is 2.10 bits per heavy atom. The molecule has 0 bridgehead atoms. The molecule has 21 heavy (non-hydrogen) atoms. The third-order valence-electron chi connectivity index (χ3n) is 3.82. The predicted molar refractivity (Wildman–Crippen MR) is 102 cm³/mol. The lowest BCUT2D eigenvalue weighted by molar-refractivity contribution is 0.613. The molecule has 1 aromatic rings. The van der Waals surface area contributed by atoms with Gasteiger partial charge in [0.1, 0.15) is 0 Å². The summed E-state index contributed by atoms with van der Waals surface area (Å²) in [6, 6.07) is 0.606. The minimum absolute atomic E-state index is 0. The van der Waals surface area contributed by atoms with E-state index in [2.05, 4.69) is 34.5 Å². The molecule has 120 valence electrons. The number of guanidine groups is 1. The van der Waals surface area contributed by atoms with Crippen molar-refractivity contribution in [3.05, 3.63) is 15.6 Å². The zero-order chi connectivity index (χ0) is 14.4. The highest BCUT2D eigenvalue weighted by Crippen LogP contribution is 2.18. The molecule has 0 aliphatic heterocycles. The Labute approximate surface area is 149 Å². The average molecular weight is 422 g/mol. The van der Waals surface area contributed by atoms with Crippen LogP contribution in [0.4, 0.5) is 0 Å². The summed E-state index contributed by atoms with van der Waals surface area (Å²) >= 11 is 1.82. The smallest absolute Gasteiger partial charge is 0.191 e. The molecule has 1 saturated carbocycles. The number of thiazole rings is 1. The molecule has 0 radical (unpaired) electrons. The van der Waals surface area contributed by atoms with E-state index in [1.54, 1.807) is 0 Å². The first-order valence-corrected chi connectivity index (χ1v) is 8.47. The van der Waals surface area contributed by atoms with Gasteiger partial charge in [-0.3, -0.25) is 4.99 Å². The molecule has 6 heteroatoms. The van der Waals surface area contributed by atoms with Crippen molar-refractivity contribution >= 4 is 41.3 Å². The first-order chi connectivity index (χ1) is 9.72. The summed E-state index contributed by atoms with van der Waals surface area (Å²) in [6.45, 7) is 5.22. The molecule has 0 atom stereocenters. The van der Waals surface area contributed by atoms with Gasteiger partial charge in [-0.15, -0.1) is 35.3 Å². The number of aromatic nitrogens is 1. The SMILES string of the molecule is CCc1nc(CCNC(=NC)NC2CCCC2)sc1C.I. The summed E-state index contributed by atoms with van der Waals surface area (Å²) in [4.78, 5) is 10.3. The fourth-order valence-electron chi connectivity index (χ4n) is 2.67. The largest absolute Gasteiger partial charge is 0.356 e. The highest BCUT2D eigenvalue weighted by molar-refractivity contribution is 14.0. The summed E-state index contributed by atoms with van der Waals surface area (Å²) in [5.74, 6) is 0.931. The summed E-state index contributed by atoms with van der Waals surface area (Å²) in [7, 11) is 1.84. The number of nitrogens with one attached hydrogen (secondary N) is 2. The fourth-order valence-corrected chi connectivity index (χ4v) is 3.69. The van der Waals surface area contributed by atoms with Gasteiger partial charge in [0.15, 0.2) is 5.96 Å². The maximum absolute atomic E-state index is 4.67. The van der Waals surface area contributed by atoms with Crippen LogP contribution in [0.1, 0.15) is 48.2 Å². The standard InChI is InChI=1S/C15H26N4S.HI/c1-4-13-11(2)20-14(19-13)9-10-17-15(16-3)18-12-7-5-6-8-12;/h12H,4-10H2,1-3H3,(H2,16,17,18);1H. The van der Waals surface area contributed by atoms with Gasteiger partial charge in [-0.05, 0) is 26.2 Å². The normalized spacial score (nSPS) is 15.9. The lowest BCUT2D eigenvalue weighted by Gasteiger charge is -2.16. The van der Waals surface area contributed by atoms with E-state index >= 15 is 0 Å². The molecule has 1 fully saturated rings. The maximum atomic E-state index is 4.67. The molecule has 0 amide bonds. The first-order valence-electron chi connectivity index (χ1n) is 7.65. The van der Waals surface area contributed by atoms with Crippen molar-refractivity contribution < 1.29 is 0 Å². The van der Waals surface area contributed by atoms with E-state index in [1.807, 2.05) is 18.4 Å². The molecule has 0 unspecified atom stereocenters. The highest BCUT2D eigenvalue weighted by Gasteiger charge is 2.15. The number of rotatable bonds is 5. The fraction of sp³-hybridized carbons (Fsp3) is 0.733. The Bertz CT molecular complexity index is 453. The average Bonchev–Trinajstić information content (AvgIpc) is 3.07. The highest BCUT2D eigenvalue weighted by atomic mass is 127. The quantitative estimate of drug-likeness (QED) is 0.435. The van der Waals surface area contributed by atoms with E-state index in [0.29, 0.717) is 6.04 Å². The zero-order valence-electron chi connectivity index (χ0n) is 13.2. The summed E-state index contributed by atoms with van der Waals surface area (Å²) in [5, 5.41) is 8.12. The van der Waals surface area contributed by atoms with Crippen LogP contribution in [0.2, 0.25) is 0 Å². The van der Waals surface area contributed by atoms with Crippen LogP contribution < -0.4 is 10.6 Å². The van der Waals surface area contributed by atoms with Crippen molar-refractivity contribution in [2.24, 2.45) is 4.99 Å². The molecule has 1 aliphatic rings. The van der Waals surface area contributed by atoms with Crippen LogP contribution in [0, 0.1) is 6.92 Å². The molecule has 0 spiro atoms. The zero-order valence-corrected chi connectivity index (χ0v) is 16.4. The number of nitrogens with zero attached hydrogens (tertiary/aromatic N) is 2. The number of aliphatic imine (C=N–C) groups is 1. The molecule has 4 nitrogen and oxygen atoms in total. The van der Waals surface area contributed by atoms with Gasteiger partial charge in [-0.25, -0.2) is 4.98 Å². The van der Waals surface area contributed by atoms with Crippen molar-refractivity contribution in [1.29, 1.82) is 0 Å². The molecule has 0 aromatic carbocycles. The topological polar surface area (TPSA) is 49.3 Å². The van der Waals surface area contributed by atoms with Crippen molar-refractivity contribution in [3.8, 4) is 0 Å². The van der Waals surface area contributed by atoms with Gasteiger partial charge in [0.2, 0.25) is 0 Å².